The molecule has 1 N–H and O–H groups in total. The summed E-state index contributed by atoms with van der Waals surface area (Å²) >= 11 is 0. The van der Waals surface area contributed by atoms with Gasteiger partial charge in [-0.2, -0.15) is 5.26 Å². The number of carboxylic acids is 1. The minimum Gasteiger partial charge on any atom is -0.478 e. The summed E-state index contributed by atoms with van der Waals surface area (Å²) in [5.74, 6) is -2.10. The lowest BCUT2D eigenvalue weighted by atomic mass is 10.4. The van der Waals surface area contributed by atoms with Crippen LogP contribution in [0.5, 0.6) is 0 Å². The fourth-order valence-corrected chi connectivity index (χ4v) is 0.184. The third kappa shape index (κ3) is 4.22. The quantitative estimate of drug-likeness (QED) is 0.406. The molecule has 0 fully saturated rings. The maximum atomic E-state index is 10.0. The van der Waals surface area contributed by atoms with Crippen molar-refractivity contribution in [3.05, 3.63) is 12.2 Å². The van der Waals surface area contributed by atoms with Crippen LogP contribution in [0, 0.1) is 11.3 Å². The third-order valence-corrected chi connectivity index (χ3v) is 0.487. The molecule has 0 bridgehead atoms. The molecule has 46 valence electrons. The zero-order valence-electron chi connectivity index (χ0n) is 4.37. The molecule has 0 saturated carbocycles. The summed E-state index contributed by atoms with van der Waals surface area (Å²) in [5.41, 5.74) is 0. The van der Waals surface area contributed by atoms with Crippen molar-refractivity contribution in [3.8, 4) is 6.07 Å². The lowest BCUT2D eigenvalue weighted by molar-refractivity contribution is -0.131. The Hall–Kier alpha value is -1.63. The third-order valence-electron chi connectivity index (χ3n) is 0.487. The Bertz CT molecular complexity index is 199. The molecule has 0 aliphatic rings. The predicted molar refractivity (Wildman–Crippen MR) is 27.4 cm³/mol. The van der Waals surface area contributed by atoms with Crippen molar-refractivity contribution in [3.63, 3.8) is 0 Å². The van der Waals surface area contributed by atoms with Gasteiger partial charge in [-0.15, -0.1) is 0 Å². The van der Waals surface area contributed by atoms with Crippen LogP contribution in [0.3, 0.4) is 0 Å². The highest BCUT2D eigenvalue weighted by Crippen LogP contribution is 1.73. The van der Waals surface area contributed by atoms with Crippen molar-refractivity contribution in [1.29, 1.82) is 5.26 Å². The van der Waals surface area contributed by atoms with Gasteiger partial charge < -0.3 is 5.11 Å². The Kier molecular flexibility index (Phi) is 2.77. The van der Waals surface area contributed by atoms with E-state index in [-0.39, 0.29) is 0 Å². The Balaban J connectivity index is 3.90. The summed E-state index contributed by atoms with van der Waals surface area (Å²) in [6.07, 6.45) is 1.31. The highest BCUT2D eigenvalue weighted by Gasteiger charge is 1.91. The van der Waals surface area contributed by atoms with Gasteiger partial charge in [-0.25, -0.2) is 4.79 Å². The fourth-order valence-electron chi connectivity index (χ4n) is 0.184. The van der Waals surface area contributed by atoms with Crippen LogP contribution in [0.25, 0.3) is 0 Å². The molecule has 4 nitrogen and oxygen atoms in total. The molecule has 0 aromatic rings. The summed E-state index contributed by atoms with van der Waals surface area (Å²) in [4.78, 5) is 19.7. The largest absolute Gasteiger partial charge is 0.478 e. The second-order valence-electron chi connectivity index (χ2n) is 1.15. The first-order chi connectivity index (χ1) is 4.16. The highest BCUT2D eigenvalue weighted by molar-refractivity contribution is 6.05. The lowest BCUT2D eigenvalue weighted by Crippen LogP contribution is -1.90. The summed E-state index contributed by atoms with van der Waals surface area (Å²) in [7, 11) is 0. The zero-order valence-corrected chi connectivity index (χ0v) is 4.37. The Labute approximate surface area is 51.0 Å². The molecule has 0 rings (SSSR count). The van der Waals surface area contributed by atoms with Crippen molar-refractivity contribution >= 4 is 11.8 Å². The number of carboxylic acid groups (broad SMARTS) is 1. The number of carbonyl (C=O) groups excluding carboxylic acids is 1. The van der Waals surface area contributed by atoms with Crippen LogP contribution >= 0.6 is 0 Å². The van der Waals surface area contributed by atoms with Crippen LogP contribution in [0.1, 0.15) is 0 Å². The first-order valence-electron chi connectivity index (χ1n) is 2.02. The SMILES string of the molecule is N#CC(=O)/C=C/C(=O)O. The van der Waals surface area contributed by atoms with Gasteiger partial charge in [0, 0.05) is 12.2 Å². The number of allylic oxidation sites excluding steroid dienone is 1. The van der Waals surface area contributed by atoms with E-state index < -0.39 is 11.8 Å². The van der Waals surface area contributed by atoms with Gasteiger partial charge in [0.25, 0.3) is 5.78 Å². The number of rotatable bonds is 2. The van der Waals surface area contributed by atoms with Crippen molar-refractivity contribution < 1.29 is 14.7 Å². The molecule has 0 atom stereocenters. The van der Waals surface area contributed by atoms with Gasteiger partial charge in [0.1, 0.15) is 6.07 Å². The van der Waals surface area contributed by atoms with Crippen molar-refractivity contribution in [2.75, 3.05) is 0 Å². The monoisotopic (exact) mass is 125 g/mol. The number of ketones is 1. The van der Waals surface area contributed by atoms with E-state index in [1.54, 1.807) is 0 Å². The van der Waals surface area contributed by atoms with Crippen LogP contribution in [0.4, 0.5) is 0 Å². The topological polar surface area (TPSA) is 78.2 Å². The predicted octanol–water partition coefficient (Wildman–Crippen LogP) is -0.280. The number of hydrogen-bond donors (Lipinski definition) is 1. The average Bonchev–Trinajstić information content (AvgIpc) is 1.83. The molecule has 0 amide bonds. The number of hydrogen-bond acceptors (Lipinski definition) is 3. The zero-order chi connectivity index (χ0) is 7.28. The standard InChI is InChI=1S/C5H3NO3/c6-3-4(7)1-2-5(8)9/h1-2H,(H,8,9)/b2-1+. The maximum absolute atomic E-state index is 10.0. The van der Waals surface area contributed by atoms with E-state index in [9.17, 15) is 9.59 Å². The Morgan fingerprint density at radius 3 is 2.33 bits per heavy atom. The van der Waals surface area contributed by atoms with E-state index in [1.807, 2.05) is 0 Å². The van der Waals surface area contributed by atoms with Crippen molar-refractivity contribution in [1.82, 2.24) is 0 Å². The number of carbonyl (C=O) groups is 2. The van der Waals surface area contributed by atoms with Crippen molar-refractivity contribution in [2.24, 2.45) is 0 Å². The van der Waals surface area contributed by atoms with Gasteiger partial charge in [0.05, 0.1) is 0 Å². The number of aliphatic carboxylic acids is 1. The summed E-state index contributed by atoms with van der Waals surface area (Å²) in [6.45, 7) is 0. The molecule has 0 heterocycles. The van der Waals surface area contributed by atoms with E-state index in [1.165, 1.54) is 6.07 Å². The normalized spacial score (nSPS) is 8.78. The molecule has 0 radical (unpaired) electrons. The van der Waals surface area contributed by atoms with Gasteiger partial charge >= 0.3 is 5.97 Å². The molecule has 4 heteroatoms. The fraction of sp³-hybridized carbons (Fsp3) is 0. The van der Waals surface area contributed by atoms with Gasteiger partial charge in [0.2, 0.25) is 0 Å². The van der Waals surface area contributed by atoms with Crippen LogP contribution < -0.4 is 0 Å². The van der Waals surface area contributed by atoms with Gasteiger partial charge in [-0.1, -0.05) is 0 Å². The van der Waals surface area contributed by atoms with Crippen LogP contribution in [-0.4, -0.2) is 16.9 Å². The molecule has 0 saturated heterocycles. The molecular formula is C5H3NO3. The van der Waals surface area contributed by atoms with Gasteiger partial charge in [-0.3, -0.25) is 4.79 Å². The summed E-state index contributed by atoms with van der Waals surface area (Å²) in [6, 6.07) is 1.23. The first-order valence-corrected chi connectivity index (χ1v) is 2.02. The van der Waals surface area contributed by atoms with E-state index >= 15 is 0 Å². The average molecular weight is 125 g/mol. The second kappa shape index (κ2) is 3.38. The maximum Gasteiger partial charge on any atom is 0.328 e. The van der Waals surface area contributed by atoms with Crippen LogP contribution in [-0.2, 0) is 9.59 Å². The van der Waals surface area contributed by atoms with Gasteiger partial charge in [0.15, 0.2) is 0 Å². The number of nitrogens with zero attached hydrogens (tertiary/aromatic N) is 1. The molecule has 0 aromatic heterocycles. The molecule has 0 aliphatic heterocycles. The van der Waals surface area contributed by atoms with E-state index in [0.29, 0.717) is 12.2 Å². The van der Waals surface area contributed by atoms with E-state index in [2.05, 4.69) is 0 Å². The van der Waals surface area contributed by atoms with Crippen molar-refractivity contribution in [2.45, 2.75) is 0 Å². The number of nitriles is 1. The highest BCUT2D eigenvalue weighted by atomic mass is 16.4. The van der Waals surface area contributed by atoms with E-state index in [4.69, 9.17) is 10.4 Å². The molecule has 9 heavy (non-hydrogen) atoms. The minimum atomic E-state index is -1.24. The van der Waals surface area contributed by atoms with Crippen LogP contribution in [0.2, 0.25) is 0 Å². The molecule has 0 unspecified atom stereocenters. The molecule has 0 aromatic carbocycles. The second-order valence-corrected chi connectivity index (χ2v) is 1.15. The van der Waals surface area contributed by atoms with Crippen LogP contribution in [0.15, 0.2) is 12.2 Å². The van der Waals surface area contributed by atoms with E-state index in [0.717, 1.165) is 0 Å². The minimum absolute atomic E-state index is 0.617. The molecular weight excluding hydrogens is 122 g/mol. The molecule has 0 aliphatic carbocycles. The summed E-state index contributed by atoms with van der Waals surface area (Å²) < 4.78 is 0. The van der Waals surface area contributed by atoms with Gasteiger partial charge in [-0.05, 0) is 0 Å². The molecule has 0 spiro atoms. The smallest absolute Gasteiger partial charge is 0.328 e. The lowest BCUT2D eigenvalue weighted by Gasteiger charge is -1.72. The summed E-state index contributed by atoms with van der Waals surface area (Å²) in [5, 5.41) is 15.7. The Morgan fingerprint density at radius 1 is 1.44 bits per heavy atom. The Morgan fingerprint density at radius 2 is 2.00 bits per heavy atom. The first kappa shape index (κ1) is 7.37.